The summed E-state index contributed by atoms with van der Waals surface area (Å²) in [5.74, 6) is 0.728. The molecular formula is C11H18ClN3O. The van der Waals surface area contributed by atoms with Crippen LogP contribution in [-0.4, -0.2) is 21.0 Å². The Morgan fingerprint density at radius 2 is 2.19 bits per heavy atom. The van der Waals surface area contributed by atoms with Crippen molar-refractivity contribution < 1.29 is 5.11 Å². The normalized spacial score (nSPS) is 25.6. The first-order valence-corrected chi connectivity index (χ1v) is 6.11. The zero-order chi connectivity index (χ0) is 11.9. The number of nitrogens with zero attached hydrogens (tertiary/aromatic N) is 2. The molecule has 90 valence electrons. The van der Waals surface area contributed by atoms with Crippen LogP contribution in [-0.2, 0) is 0 Å². The maximum absolute atomic E-state index is 9.85. The van der Waals surface area contributed by atoms with E-state index in [0.717, 1.165) is 25.0 Å². The van der Waals surface area contributed by atoms with Crippen LogP contribution in [0.3, 0.4) is 0 Å². The number of rotatable bonds is 2. The number of nitrogen functional groups attached to an aromatic ring is 1. The van der Waals surface area contributed by atoms with Crippen LogP contribution in [0, 0.1) is 0 Å². The van der Waals surface area contributed by atoms with Crippen LogP contribution in [0.15, 0.2) is 0 Å². The van der Waals surface area contributed by atoms with Gasteiger partial charge in [0.1, 0.15) is 10.8 Å². The molecule has 3 N–H and O–H groups in total. The van der Waals surface area contributed by atoms with Crippen LogP contribution >= 0.6 is 11.6 Å². The van der Waals surface area contributed by atoms with Gasteiger partial charge in [0.2, 0.25) is 0 Å². The van der Waals surface area contributed by atoms with E-state index in [1.807, 2.05) is 13.8 Å². The van der Waals surface area contributed by atoms with Gasteiger partial charge < -0.3 is 10.8 Å². The SMILES string of the molecule is CC(C)c1nn(C2CCCC2O)c(N)c1Cl. The second kappa shape index (κ2) is 4.26. The molecule has 1 fully saturated rings. The third kappa shape index (κ3) is 1.80. The van der Waals surface area contributed by atoms with Gasteiger partial charge in [0.15, 0.2) is 0 Å². The van der Waals surface area contributed by atoms with Crippen molar-refractivity contribution in [2.75, 3.05) is 5.73 Å². The van der Waals surface area contributed by atoms with Gasteiger partial charge in [-0.1, -0.05) is 25.4 Å². The maximum Gasteiger partial charge on any atom is 0.141 e. The molecule has 1 aliphatic rings. The molecule has 1 heterocycles. The summed E-state index contributed by atoms with van der Waals surface area (Å²) in [5.41, 5.74) is 6.76. The van der Waals surface area contributed by atoms with E-state index in [2.05, 4.69) is 5.10 Å². The van der Waals surface area contributed by atoms with Crippen molar-refractivity contribution in [1.29, 1.82) is 0 Å². The minimum Gasteiger partial charge on any atom is -0.391 e. The zero-order valence-corrected chi connectivity index (χ0v) is 10.4. The maximum atomic E-state index is 9.85. The van der Waals surface area contributed by atoms with Gasteiger partial charge in [-0.05, 0) is 25.2 Å². The Kier molecular flexibility index (Phi) is 3.13. The molecule has 4 nitrogen and oxygen atoms in total. The highest BCUT2D eigenvalue weighted by molar-refractivity contribution is 6.33. The summed E-state index contributed by atoms with van der Waals surface area (Å²) in [6.07, 6.45) is 2.40. The number of anilines is 1. The number of nitrogens with two attached hydrogens (primary N) is 1. The molecule has 0 bridgehead atoms. The van der Waals surface area contributed by atoms with Crippen molar-refractivity contribution in [2.45, 2.75) is 51.2 Å². The highest BCUT2D eigenvalue weighted by Crippen LogP contribution is 2.36. The molecule has 0 saturated heterocycles. The molecule has 0 radical (unpaired) electrons. The van der Waals surface area contributed by atoms with Crippen molar-refractivity contribution in [3.63, 3.8) is 0 Å². The summed E-state index contributed by atoms with van der Waals surface area (Å²) in [6.45, 7) is 4.06. The summed E-state index contributed by atoms with van der Waals surface area (Å²) < 4.78 is 1.70. The Balaban J connectivity index is 2.38. The number of aromatic nitrogens is 2. The van der Waals surface area contributed by atoms with Gasteiger partial charge in [-0.25, -0.2) is 4.68 Å². The predicted octanol–water partition coefficient (Wildman–Crippen LogP) is 2.33. The summed E-state index contributed by atoms with van der Waals surface area (Å²) in [6, 6.07) is -0.00926. The lowest BCUT2D eigenvalue weighted by molar-refractivity contribution is 0.131. The summed E-state index contributed by atoms with van der Waals surface area (Å²) in [5, 5.41) is 14.8. The van der Waals surface area contributed by atoms with Crippen molar-refractivity contribution in [2.24, 2.45) is 0 Å². The first kappa shape index (κ1) is 11.7. The van der Waals surface area contributed by atoms with E-state index in [-0.39, 0.29) is 18.1 Å². The fourth-order valence-corrected chi connectivity index (χ4v) is 2.62. The third-order valence-corrected chi connectivity index (χ3v) is 3.60. The molecule has 1 saturated carbocycles. The van der Waals surface area contributed by atoms with Crippen molar-refractivity contribution >= 4 is 17.4 Å². The number of halogens is 1. The Morgan fingerprint density at radius 1 is 1.50 bits per heavy atom. The molecule has 0 amide bonds. The summed E-state index contributed by atoms with van der Waals surface area (Å²) in [4.78, 5) is 0. The molecule has 5 heteroatoms. The first-order chi connectivity index (χ1) is 7.52. The molecule has 16 heavy (non-hydrogen) atoms. The van der Waals surface area contributed by atoms with Gasteiger partial charge in [0, 0.05) is 0 Å². The average molecular weight is 244 g/mol. The minimum atomic E-state index is -0.349. The van der Waals surface area contributed by atoms with Crippen LogP contribution in [0.25, 0.3) is 0 Å². The van der Waals surface area contributed by atoms with Gasteiger partial charge in [0.25, 0.3) is 0 Å². The van der Waals surface area contributed by atoms with Gasteiger partial charge in [-0.3, -0.25) is 0 Å². The number of aliphatic hydroxyl groups is 1. The number of hydrogen-bond donors (Lipinski definition) is 2. The average Bonchev–Trinajstić information content (AvgIpc) is 2.74. The topological polar surface area (TPSA) is 64.1 Å². The predicted molar refractivity (Wildman–Crippen MR) is 64.6 cm³/mol. The van der Waals surface area contributed by atoms with E-state index >= 15 is 0 Å². The van der Waals surface area contributed by atoms with Gasteiger partial charge in [-0.15, -0.1) is 0 Å². The highest BCUT2D eigenvalue weighted by atomic mass is 35.5. The molecule has 0 aromatic carbocycles. The lowest BCUT2D eigenvalue weighted by atomic mass is 10.1. The van der Waals surface area contributed by atoms with E-state index in [9.17, 15) is 5.11 Å². The summed E-state index contributed by atoms with van der Waals surface area (Å²) in [7, 11) is 0. The van der Waals surface area contributed by atoms with Crippen LogP contribution in [0.2, 0.25) is 5.02 Å². The van der Waals surface area contributed by atoms with Crippen molar-refractivity contribution in [1.82, 2.24) is 9.78 Å². The monoisotopic (exact) mass is 243 g/mol. The molecule has 1 aromatic heterocycles. The second-order valence-electron chi connectivity index (χ2n) is 4.75. The third-order valence-electron chi connectivity index (χ3n) is 3.22. The molecule has 1 aliphatic carbocycles. The Morgan fingerprint density at radius 3 is 2.62 bits per heavy atom. The lowest BCUT2D eigenvalue weighted by Crippen LogP contribution is -2.21. The van der Waals surface area contributed by atoms with Gasteiger partial charge in [0.05, 0.1) is 17.8 Å². The van der Waals surface area contributed by atoms with E-state index < -0.39 is 0 Å². The first-order valence-electron chi connectivity index (χ1n) is 5.73. The van der Waals surface area contributed by atoms with Crippen LogP contribution < -0.4 is 5.73 Å². The number of hydrogen-bond acceptors (Lipinski definition) is 3. The van der Waals surface area contributed by atoms with Crippen LogP contribution in [0.1, 0.15) is 50.8 Å². The highest BCUT2D eigenvalue weighted by Gasteiger charge is 2.30. The Labute approximate surface area is 100 Å². The van der Waals surface area contributed by atoms with E-state index in [0.29, 0.717) is 10.8 Å². The van der Waals surface area contributed by atoms with E-state index in [1.54, 1.807) is 4.68 Å². The molecule has 0 aliphatic heterocycles. The molecule has 2 rings (SSSR count). The van der Waals surface area contributed by atoms with Gasteiger partial charge >= 0.3 is 0 Å². The van der Waals surface area contributed by atoms with Gasteiger partial charge in [-0.2, -0.15) is 5.10 Å². The van der Waals surface area contributed by atoms with Crippen molar-refractivity contribution in [3.8, 4) is 0 Å². The van der Waals surface area contributed by atoms with E-state index in [1.165, 1.54) is 0 Å². The standard InChI is InChI=1S/C11H18ClN3O/c1-6(2)10-9(12)11(13)15(14-10)7-4-3-5-8(7)16/h6-8,16H,3-5,13H2,1-2H3. The Bertz CT molecular complexity index is 389. The fourth-order valence-electron chi connectivity index (χ4n) is 2.27. The Hall–Kier alpha value is -0.740. The largest absolute Gasteiger partial charge is 0.391 e. The number of aliphatic hydroxyl groups excluding tert-OH is 1. The lowest BCUT2D eigenvalue weighted by Gasteiger charge is -2.16. The zero-order valence-electron chi connectivity index (χ0n) is 9.65. The smallest absolute Gasteiger partial charge is 0.141 e. The molecule has 2 unspecified atom stereocenters. The summed E-state index contributed by atoms with van der Waals surface area (Å²) >= 11 is 6.15. The van der Waals surface area contributed by atoms with E-state index in [4.69, 9.17) is 17.3 Å². The molecule has 1 aromatic rings. The van der Waals surface area contributed by atoms with Crippen LogP contribution in [0.4, 0.5) is 5.82 Å². The van der Waals surface area contributed by atoms with Crippen LogP contribution in [0.5, 0.6) is 0 Å². The fraction of sp³-hybridized carbons (Fsp3) is 0.727. The minimum absolute atomic E-state index is 0.00926. The van der Waals surface area contributed by atoms with Crippen molar-refractivity contribution in [3.05, 3.63) is 10.7 Å². The quantitative estimate of drug-likeness (QED) is 0.838. The molecule has 0 spiro atoms. The molecular weight excluding hydrogens is 226 g/mol. The molecule has 2 atom stereocenters. The second-order valence-corrected chi connectivity index (χ2v) is 5.13.